The molecule has 2 heterocycles. The van der Waals surface area contributed by atoms with Crippen molar-refractivity contribution in [3.63, 3.8) is 0 Å². The Morgan fingerprint density at radius 2 is 1.86 bits per heavy atom. The van der Waals surface area contributed by atoms with E-state index >= 15 is 0 Å². The minimum absolute atomic E-state index is 0.202. The summed E-state index contributed by atoms with van der Waals surface area (Å²) in [5, 5.41) is 0. The van der Waals surface area contributed by atoms with E-state index in [9.17, 15) is 4.79 Å². The maximum atomic E-state index is 11.6. The van der Waals surface area contributed by atoms with E-state index in [-0.39, 0.29) is 5.56 Å². The van der Waals surface area contributed by atoms with E-state index in [0.717, 1.165) is 24.9 Å². The average Bonchev–Trinajstić information content (AvgIpc) is 2.67. The zero-order valence-electron chi connectivity index (χ0n) is 9.55. The molecule has 0 radical (unpaired) electrons. The predicted octanol–water partition coefficient (Wildman–Crippen LogP) is 2.44. The molecule has 0 N–H and O–H groups in total. The van der Waals surface area contributed by atoms with Gasteiger partial charge in [0.2, 0.25) is 0 Å². The Hall–Kier alpha value is -1.05. The van der Waals surface area contributed by atoms with E-state index in [1.54, 1.807) is 0 Å². The molecule has 1 aromatic heterocycles. The van der Waals surface area contributed by atoms with Gasteiger partial charge in [0, 0.05) is 17.8 Å². The van der Waals surface area contributed by atoms with Crippen molar-refractivity contribution in [1.82, 2.24) is 4.57 Å². The van der Waals surface area contributed by atoms with Crippen molar-refractivity contribution >= 4 is 0 Å². The maximum absolute atomic E-state index is 11.6. The third-order valence-corrected chi connectivity index (χ3v) is 2.59. The molecule has 2 heteroatoms. The van der Waals surface area contributed by atoms with Crippen LogP contribution in [-0.4, -0.2) is 4.57 Å². The lowest BCUT2D eigenvalue weighted by Crippen LogP contribution is -2.22. The second-order valence-corrected chi connectivity index (χ2v) is 3.52. The SMILES string of the molecule is CC.Cc1cc(C)c(=O)n2c1CCC2. The minimum Gasteiger partial charge on any atom is -0.312 e. The van der Waals surface area contributed by atoms with Crippen LogP contribution in [0.3, 0.4) is 0 Å². The summed E-state index contributed by atoms with van der Waals surface area (Å²) in [6.45, 7) is 8.89. The van der Waals surface area contributed by atoms with Crippen molar-refractivity contribution in [3.8, 4) is 0 Å². The summed E-state index contributed by atoms with van der Waals surface area (Å²) in [7, 11) is 0. The molecule has 0 aliphatic carbocycles. The lowest BCUT2D eigenvalue weighted by Gasteiger charge is -2.06. The largest absolute Gasteiger partial charge is 0.312 e. The summed E-state index contributed by atoms with van der Waals surface area (Å²) >= 11 is 0. The quantitative estimate of drug-likeness (QED) is 0.620. The van der Waals surface area contributed by atoms with Gasteiger partial charge in [0.15, 0.2) is 0 Å². The number of fused-ring (bicyclic) bond motifs is 1. The van der Waals surface area contributed by atoms with Crippen LogP contribution in [0.1, 0.15) is 37.1 Å². The van der Waals surface area contributed by atoms with Gasteiger partial charge >= 0.3 is 0 Å². The molecule has 0 saturated heterocycles. The summed E-state index contributed by atoms with van der Waals surface area (Å²) in [5.74, 6) is 0. The number of hydrogen-bond donors (Lipinski definition) is 0. The van der Waals surface area contributed by atoms with Crippen molar-refractivity contribution in [1.29, 1.82) is 0 Å². The minimum atomic E-state index is 0.202. The normalized spacial score (nSPS) is 13.1. The van der Waals surface area contributed by atoms with Crippen LogP contribution >= 0.6 is 0 Å². The lowest BCUT2D eigenvalue weighted by atomic mass is 10.1. The van der Waals surface area contributed by atoms with E-state index in [4.69, 9.17) is 0 Å². The number of aryl methyl sites for hydroxylation is 2. The third kappa shape index (κ3) is 1.74. The van der Waals surface area contributed by atoms with Gasteiger partial charge < -0.3 is 4.57 Å². The van der Waals surface area contributed by atoms with Crippen LogP contribution < -0.4 is 5.56 Å². The van der Waals surface area contributed by atoms with Gasteiger partial charge in [-0.3, -0.25) is 4.79 Å². The highest BCUT2D eigenvalue weighted by Crippen LogP contribution is 2.16. The van der Waals surface area contributed by atoms with Crippen molar-refractivity contribution in [2.75, 3.05) is 0 Å². The van der Waals surface area contributed by atoms with E-state index in [2.05, 4.69) is 6.92 Å². The molecular weight excluding hydrogens is 174 g/mol. The first-order chi connectivity index (χ1) is 6.70. The number of aromatic nitrogens is 1. The Kier molecular flexibility index (Phi) is 3.50. The van der Waals surface area contributed by atoms with Crippen LogP contribution in [0, 0.1) is 13.8 Å². The van der Waals surface area contributed by atoms with Crippen LogP contribution in [0.4, 0.5) is 0 Å². The smallest absolute Gasteiger partial charge is 0.253 e. The standard InChI is InChI=1S/C10H13NO.C2H6/c1-7-6-8(2)10(12)11-5-3-4-9(7)11;1-2/h6H,3-5H2,1-2H3;1-2H3. The maximum Gasteiger partial charge on any atom is 0.253 e. The first kappa shape index (κ1) is 11.0. The topological polar surface area (TPSA) is 22.0 Å². The zero-order valence-corrected chi connectivity index (χ0v) is 9.55. The molecular formula is C12H19NO. The molecule has 1 aromatic rings. The molecule has 2 nitrogen and oxygen atoms in total. The molecule has 0 bridgehead atoms. The Bertz CT molecular complexity index is 377. The van der Waals surface area contributed by atoms with Gasteiger partial charge in [0.05, 0.1) is 0 Å². The molecule has 1 aliphatic heterocycles. The first-order valence-electron chi connectivity index (χ1n) is 5.40. The van der Waals surface area contributed by atoms with Gasteiger partial charge in [-0.1, -0.05) is 13.8 Å². The first-order valence-corrected chi connectivity index (χ1v) is 5.40. The van der Waals surface area contributed by atoms with Crippen LogP contribution in [0.5, 0.6) is 0 Å². The zero-order chi connectivity index (χ0) is 10.7. The Balaban J connectivity index is 0.000000461. The Morgan fingerprint density at radius 3 is 2.50 bits per heavy atom. The molecule has 0 amide bonds. The molecule has 0 unspecified atom stereocenters. The average molecular weight is 193 g/mol. The molecule has 14 heavy (non-hydrogen) atoms. The van der Waals surface area contributed by atoms with Crippen molar-refractivity contribution < 1.29 is 0 Å². The Labute approximate surface area is 85.6 Å². The molecule has 0 aromatic carbocycles. The summed E-state index contributed by atoms with van der Waals surface area (Å²) in [5.41, 5.74) is 3.58. The van der Waals surface area contributed by atoms with Gasteiger partial charge in [0.25, 0.3) is 5.56 Å². The molecule has 78 valence electrons. The van der Waals surface area contributed by atoms with Gasteiger partial charge in [-0.15, -0.1) is 0 Å². The van der Waals surface area contributed by atoms with Gasteiger partial charge in [-0.25, -0.2) is 0 Å². The summed E-state index contributed by atoms with van der Waals surface area (Å²) in [6.07, 6.45) is 2.20. The molecule has 0 fully saturated rings. The highest BCUT2D eigenvalue weighted by Gasteiger charge is 2.14. The van der Waals surface area contributed by atoms with Crippen LogP contribution in [0.2, 0.25) is 0 Å². The van der Waals surface area contributed by atoms with Crippen molar-refractivity contribution in [2.45, 2.75) is 47.1 Å². The van der Waals surface area contributed by atoms with Gasteiger partial charge in [-0.2, -0.15) is 0 Å². The highest BCUT2D eigenvalue weighted by atomic mass is 16.1. The van der Waals surface area contributed by atoms with Crippen molar-refractivity contribution in [3.05, 3.63) is 33.2 Å². The summed E-state index contributed by atoms with van der Waals surface area (Å²) < 4.78 is 1.92. The third-order valence-electron chi connectivity index (χ3n) is 2.59. The number of rotatable bonds is 0. The van der Waals surface area contributed by atoms with Crippen LogP contribution in [0.25, 0.3) is 0 Å². The van der Waals surface area contributed by atoms with Crippen LogP contribution in [0.15, 0.2) is 10.9 Å². The molecule has 1 aliphatic rings. The second kappa shape index (κ2) is 4.45. The van der Waals surface area contributed by atoms with E-state index in [1.165, 1.54) is 11.3 Å². The fraction of sp³-hybridized carbons (Fsp3) is 0.583. The molecule has 2 rings (SSSR count). The van der Waals surface area contributed by atoms with E-state index in [0.29, 0.717) is 0 Å². The van der Waals surface area contributed by atoms with Crippen LogP contribution in [-0.2, 0) is 13.0 Å². The second-order valence-electron chi connectivity index (χ2n) is 3.52. The summed E-state index contributed by atoms with van der Waals surface area (Å²) in [4.78, 5) is 11.6. The number of nitrogens with zero attached hydrogens (tertiary/aromatic N) is 1. The van der Waals surface area contributed by atoms with Gasteiger partial charge in [0.1, 0.15) is 0 Å². The predicted molar refractivity (Wildman–Crippen MR) is 59.8 cm³/mol. The van der Waals surface area contributed by atoms with E-state index in [1.807, 2.05) is 31.4 Å². The van der Waals surface area contributed by atoms with Crippen molar-refractivity contribution in [2.24, 2.45) is 0 Å². The lowest BCUT2D eigenvalue weighted by molar-refractivity contribution is 0.714. The molecule has 0 spiro atoms. The molecule has 0 saturated carbocycles. The Morgan fingerprint density at radius 1 is 1.21 bits per heavy atom. The van der Waals surface area contributed by atoms with E-state index < -0.39 is 0 Å². The summed E-state index contributed by atoms with van der Waals surface area (Å²) in [6, 6.07) is 2.00. The highest BCUT2D eigenvalue weighted by molar-refractivity contribution is 5.26. The fourth-order valence-electron chi connectivity index (χ4n) is 1.99. The number of hydrogen-bond acceptors (Lipinski definition) is 1. The van der Waals surface area contributed by atoms with Gasteiger partial charge in [-0.05, 0) is 38.3 Å². The molecule has 0 atom stereocenters. The fourth-order valence-corrected chi connectivity index (χ4v) is 1.99. The monoisotopic (exact) mass is 193 g/mol. The number of pyridine rings is 1.